The van der Waals surface area contributed by atoms with Gasteiger partial charge in [0, 0.05) is 11.6 Å². The summed E-state index contributed by atoms with van der Waals surface area (Å²) in [5.74, 6) is -0.418. The third kappa shape index (κ3) is 3.40. The number of ether oxygens (including phenoxy) is 2. The second kappa shape index (κ2) is 6.52. The van der Waals surface area contributed by atoms with E-state index in [1.807, 2.05) is 0 Å². The summed E-state index contributed by atoms with van der Waals surface area (Å²) in [5.41, 5.74) is -0.744. The van der Waals surface area contributed by atoms with E-state index < -0.39 is 33.1 Å². The minimum Gasteiger partial charge on any atom is -0.437 e. The summed E-state index contributed by atoms with van der Waals surface area (Å²) in [6.45, 7) is 0. The predicted octanol–water partition coefficient (Wildman–Crippen LogP) is 3.32. The fourth-order valence-corrected chi connectivity index (χ4v) is 1.90. The van der Waals surface area contributed by atoms with Gasteiger partial charge in [-0.15, -0.1) is 0 Å². The molecule has 0 fully saturated rings. The van der Waals surface area contributed by atoms with Crippen molar-refractivity contribution >= 4 is 17.5 Å². The molecule has 0 aliphatic carbocycles. The van der Waals surface area contributed by atoms with Crippen molar-refractivity contribution in [3.63, 3.8) is 0 Å². The maximum atomic E-state index is 11.4. The largest absolute Gasteiger partial charge is 0.513 e. The normalized spacial score (nSPS) is 9.96. The molecule has 0 unspecified atom stereocenters. The molecule has 23 heavy (non-hydrogen) atoms. The molecule has 0 aliphatic heterocycles. The van der Waals surface area contributed by atoms with Crippen LogP contribution in [0.25, 0.3) is 11.1 Å². The van der Waals surface area contributed by atoms with Crippen molar-refractivity contribution in [2.24, 2.45) is 0 Å². The molecule has 0 bridgehead atoms. The first-order chi connectivity index (χ1) is 10.9. The lowest BCUT2D eigenvalue weighted by Gasteiger charge is -2.10. The van der Waals surface area contributed by atoms with Gasteiger partial charge in [-0.25, -0.2) is 4.79 Å². The van der Waals surface area contributed by atoms with Crippen molar-refractivity contribution in [3.05, 3.63) is 62.7 Å². The molecule has 2 rings (SSSR count). The second-order valence-corrected chi connectivity index (χ2v) is 4.28. The minimum atomic E-state index is -1.17. The van der Waals surface area contributed by atoms with Crippen molar-refractivity contribution in [1.29, 1.82) is 0 Å². The van der Waals surface area contributed by atoms with Crippen LogP contribution in [0.15, 0.2) is 42.5 Å². The first-order valence-corrected chi connectivity index (χ1v) is 6.22. The Kier molecular flexibility index (Phi) is 4.50. The molecule has 0 radical (unpaired) electrons. The third-order valence-electron chi connectivity index (χ3n) is 2.90. The number of hydrogen-bond donors (Lipinski definition) is 0. The zero-order valence-corrected chi connectivity index (χ0v) is 11.8. The maximum Gasteiger partial charge on any atom is 0.513 e. The molecule has 118 valence electrons. The Hall–Kier alpha value is -3.49. The van der Waals surface area contributed by atoms with E-state index in [0.717, 1.165) is 19.2 Å². The van der Waals surface area contributed by atoms with Crippen LogP contribution in [0.2, 0.25) is 0 Å². The third-order valence-corrected chi connectivity index (χ3v) is 2.90. The number of benzene rings is 2. The predicted molar refractivity (Wildman–Crippen MR) is 78.2 cm³/mol. The van der Waals surface area contributed by atoms with Gasteiger partial charge in [-0.3, -0.25) is 20.2 Å². The SMILES string of the molecule is COC(=O)Oc1c(-c2ccccc2)cc([N+](=O)[O-])cc1[N+](=O)[O-]. The van der Waals surface area contributed by atoms with E-state index in [-0.39, 0.29) is 5.56 Å². The number of non-ortho nitro benzene ring substituents is 1. The van der Waals surface area contributed by atoms with Crippen molar-refractivity contribution in [2.45, 2.75) is 0 Å². The standard InChI is InChI=1S/C14H10N2O7/c1-22-14(17)23-13-11(9-5-3-2-4-6-9)7-10(15(18)19)8-12(13)16(20)21/h2-8H,1H3. The highest BCUT2D eigenvalue weighted by atomic mass is 16.7. The second-order valence-electron chi connectivity index (χ2n) is 4.28. The van der Waals surface area contributed by atoms with Gasteiger partial charge in [0.05, 0.1) is 23.0 Å². The highest BCUT2D eigenvalue weighted by Crippen LogP contribution is 2.41. The number of nitro groups is 2. The zero-order chi connectivity index (χ0) is 17.0. The molecular weight excluding hydrogens is 308 g/mol. The van der Waals surface area contributed by atoms with Crippen LogP contribution in [0.5, 0.6) is 5.75 Å². The maximum absolute atomic E-state index is 11.4. The van der Waals surface area contributed by atoms with Crippen LogP contribution < -0.4 is 4.74 Å². The van der Waals surface area contributed by atoms with Gasteiger partial charge < -0.3 is 9.47 Å². The first-order valence-electron chi connectivity index (χ1n) is 6.22. The quantitative estimate of drug-likeness (QED) is 0.366. The number of nitro benzene ring substituents is 2. The van der Waals surface area contributed by atoms with Gasteiger partial charge in [0.2, 0.25) is 5.75 Å². The van der Waals surface area contributed by atoms with Crippen LogP contribution in [0.3, 0.4) is 0 Å². The van der Waals surface area contributed by atoms with E-state index >= 15 is 0 Å². The molecule has 9 nitrogen and oxygen atoms in total. The summed E-state index contributed by atoms with van der Waals surface area (Å²) in [7, 11) is 1.04. The lowest BCUT2D eigenvalue weighted by molar-refractivity contribution is -0.394. The summed E-state index contributed by atoms with van der Waals surface area (Å²) < 4.78 is 9.19. The van der Waals surface area contributed by atoms with Crippen LogP contribution in [0.4, 0.5) is 16.2 Å². The molecule has 0 atom stereocenters. The molecule has 0 aliphatic rings. The molecular formula is C14H10N2O7. The van der Waals surface area contributed by atoms with E-state index in [4.69, 9.17) is 4.74 Å². The highest BCUT2D eigenvalue weighted by molar-refractivity contribution is 5.81. The molecule has 0 saturated heterocycles. The highest BCUT2D eigenvalue weighted by Gasteiger charge is 2.28. The molecule has 0 aromatic heterocycles. The Labute approximate surface area is 129 Å². The summed E-state index contributed by atoms with van der Waals surface area (Å²) in [4.78, 5) is 31.9. The Morgan fingerprint density at radius 3 is 2.22 bits per heavy atom. The zero-order valence-electron chi connectivity index (χ0n) is 11.8. The lowest BCUT2D eigenvalue weighted by atomic mass is 10.0. The fraction of sp³-hybridized carbons (Fsp3) is 0.0714. The van der Waals surface area contributed by atoms with E-state index in [1.165, 1.54) is 0 Å². The van der Waals surface area contributed by atoms with Gasteiger partial charge in [-0.2, -0.15) is 0 Å². The summed E-state index contributed by atoms with van der Waals surface area (Å²) in [5, 5.41) is 22.2. The fourth-order valence-electron chi connectivity index (χ4n) is 1.90. The average molecular weight is 318 g/mol. The van der Waals surface area contributed by atoms with Gasteiger partial charge >= 0.3 is 11.8 Å². The Morgan fingerprint density at radius 2 is 1.70 bits per heavy atom. The summed E-state index contributed by atoms with van der Waals surface area (Å²) in [6, 6.07) is 9.96. The van der Waals surface area contributed by atoms with Crippen molar-refractivity contribution in [1.82, 2.24) is 0 Å². The van der Waals surface area contributed by atoms with Gasteiger partial charge in [-0.05, 0) is 5.56 Å². The number of carbonyl (C=O) groups excluding carboxylic acids is 1. The Balaban J connectivity index is 2.76. The molecule has 0 saturated carbocycles. The van der Waals surface area contributed by atoms with E-state index in [1.54, 1.807) is 30.3 Å². The number of hydrogen-bond acceptors (Lipinski definition) is 7. The topological polar surface area (TPSA) is 122 Å². The minimum absolute atomic E-state index is 0.0388. The van der Waals surface area contributed by atoms with Crippen LogP contribution in [-0.2, 0) is 4.74 Å². The van der Waals surface area contributed by atoms with E-state index in [0.29, 0.717) is 5.56 Å². The van der Waals surface area contributed by atoms with Gasteiger partial charge in [-0.1, -0.05) is 30.3 Å². The molecule has 0 N–H and O–H groups in total. The number of methoxy groups -OCH3 is 1. The Morgan fingerprint density at radius 1 is 1.04 bits per heavy atom. The summed E-state index contributed by atoms with van der Waals surface area (Å²) >= 11 is 0. The van der Waals surface area contributed by atoms with Crippen LogP contribution in [0.1, 0.15) is 0 Å². The van der Waals surface area contributed by atoms with Crippen LogP contribution >= 0.6 is 0 Å². The average Bonchev–Trinajstić information content (AvgIpc) is 2.55. The molecule has 2 aromatic rings. The monoisotopic (exact) mass is 318 g/mol. The van der Waals surface area contributed by atoms with Gasteiger partial charge in [0.1, 0.15) is 0 Å². The lowest BCUT2D eigenvalue weighted by Crippen LogP contribution is -2.10. The van der Waals surface area contributed by atoms with E-state index in [2.05, 4.69) is 4.74 Å². The van der Waals surface area contributed by atoms with Crippen molar-refractivity contribution < 1.29 is 24.1 Å². The van der Waals surface area contributed by atoms with Crippen LogP contribution in [0, 0.1) is 20.2 Å². The smallest absolute Gasteiger partial charge is 0.437 e. The van der Waals surface area contributed by atoms with E-state index in [9.17, 15) is 25.0 Å². The first kappa shape index (κ1) is 15.9. The summed E-state index contributed by atoms with van der Waals surface area (Å²) in [6.07, 6.45) is -1.17. The molecule has 9 heteroatoms. The van der Waals surface area contributed by atoms with Crippen molar-refractivity contribution in [2.75, 3.05) is 7.11 Å². The van der Waals surface area contributed by atoms with Crippen LogP contribution in [-0.4, -0.2) is 23.1 Å². The molecule has 0 spiro atoms. The molecule has 0 amide bonds. The number of carbonyl (C=O) groups is 1. The van der Waals surface area contributed by atoms with Crippen molar-refractivity contribution in [3.8, 4) is 16.9 Å². The van der Waals surface area contributed by atoms with Gasteiger partial charge in [0.15, 0.2) is 0 Å². The number of nitrogens with zero attached hydrogens (tertiary/aromatic N) is 2. The van der Waals surface area contributed by atoms with Gasteiger partial charge in [0.25, 0.3) is 5.69 Å². The Bertz CT molecular complexity index is 774. The molecule has 2 aromatic carbocycles. The number of rotatable bonds is 4. The molecule has 0 heterocycles.